The molecule has 0 saturated carbocycles. The fraction of sp³-hybridized carbons (Fsp3) is 0.333. The van der Waals surface area contributed by atoms with Crippen LogP contribution in [0.1, 0.15) is 51.6 Å². The van der Waals surface area contributed by atoms with Gasteiger partial charge in [-0.25, -0.2) is 4.79 Å². The number of carbonyl (C=O) groups excluding carboxylic acids is 1. The van der Waals surface area contributed by atoms with Crippen molar-refractivity contribution >= 4 is 12.3 Å². The van der Waals surface area contributed by atoms with Gasteiger partial charge in [-0.3, -0.25) is 4.79 Å². The van der Waals surface area contributed by atoms with Gasteiger partial charge >= 0.3 is 5.97 Å². The number of carbonyl (C=O) groups is 2. The van der Waals surface area contributed by atoms with Gasteiger partial charge in [-0.1, -0.05) is 13.8 Å². The maximum atomic E-state index is 11.0. The van der Waals surface area contributed by atoms with Crippen LogP contribution in [0.2, 0.25) is 0 Å². The molecule has 0 aliphatic rings. The van der Waals surface area contributed by atoms with E-state index < -0.39 is 11.7 Å². The Morgan fingerprint density at radius 2 is 1.76 bits per heavy atom. The molecule has 0 unspecified atom stereocenters. The van der Waals surface area contributed by atoms with Crippen molar-refractivity contribution in [1.29, 1.82) is 0 Å². The Bertz CT molecular complexity index is 488. The second-order valence-electron chi connectivity index (χ2n) is 4.10. The van der Waals surface area contributed by atoms with Crippen molar-refractivity contribution < 1.29 is 24.9 Å². The van der Waals surface area contributed by atoms with E-state index in [1.807, 2.05) is 0 Å². The van der Waals surface area contributed by atoms with Crippen molar-refractivity contribution in [2.45, 2.75) is 26.7 Å². The van der Waals surface area contributed by atoms with E-state index in [1.54, 1.807) is 13.8 Å². The second kappa shape index (κ2) is 4.45. The predicted octanol–water partition coefficient (Wildman–Crippen LogP) is 2.04. The van der Waals surface area contributed by atoms with Crippen LogP contribution in [0.4, 0.5) is 0 Å². The van der Waals surface area contributed by atoms with Crippen molar-refractivity contribution in [3.05, 3.63) is 22.3 Å². The Labute approximate surface area is 98.3 Å². The number of hydrogen-bond donors (Lipinski definition) is 3. The number of aromatic hydroxyl groups is 2. The molecular weight excluding hydrogens is 224 g/mol. The minimum atomic E-state index is -1.33. The number of carboxylic acid groups (broad SMARTS) is 1. The average molecular weight is 238 g/mol. The van der Waals surface area contributed by atoms with Crippen LogP contribution in [-0.4, -0.2) is 27.6 Å². The van der Waals surface area contributed by atoms with Gasteiger partial charge in [0.2, 0.25) is 0 Å². The molecule has 0 radical (unpaired) electrons. The molecule has 0 aliphatic carbocycles. The van der Waals surface area contributed by atoms with Gasteiger partial charge in [-0.2, -0.15) is 0 Å². The largest absolute Gasteiger partial charge is 0.507 e. The predicted molar refractivity (Wildman–Crippen MR) is 60.9 cm³/mol. The monoisotopic (exact) mass is 238 g/mol. The highest BCUT2D eigenvalue weighted by Gasteiger charge is 2.25. The Hall–Kier alpha value is -2.04. The number of carboxylic acids is 1. The summed E-state index contributed by atoms with van der Waals surface area (Å²) in [5.41, 5.74) is -0.0827. The van der Waals surface area contributed by atoms with Gasteiger partial charge in [0.15, 0.2) is 6.29 Å². The molecule has 0 heterocycles. The highest BCUT2D eigenvalue weighted by molar-refractivity contribution is 5.98. The number of aromatic carboxylic acids is 1. The molecule has 1 aromatic rings. The molecule has 92 valence electrons. The van der Waals surface area contributed by atoms with Gasteiger partial charge in [0.1, 0.15) is 17.1 Å². The summed E-state index contributed by atoms with van der Waals surface area (Å²) in [7, 11) is 0. The van der Waals surface area contributed by atoms with Crippen LogP contribution in [0, 0.1) is 6.92 Å². The first-order valence-corrected chi connectivity index (χ1v) is 5.09. The molecule has 0 fully saturated rings. The maximum Gasteiger partial charge on any atom is 0.339 e. The summed E-state index contributed by atoms with van der Waals surface area (Å²) in [4.78, 5) is 21.8. The molecule has 0 atom stereocenters. The van der Waals surface area contributed by atoms with E-state index in [-0.39, 0.29) is 34.6 Å². The lowest BCUT2D eigenvalue weighted by molar-refractivity contribution is 0.0692. The number of benzene rings is 1. The first-order chi connectivity index (χ1) is 7.82. The van der Waals surface area contributed by atoms with E-state index >= 15 is 0 Å². The second-order valence-corrected chi connectivity index (χ2v) is 4.10. The van der Waals surface area contributed by atoms with E-state index in [1.165, 1.54) is 6.92 Å². The number of hydrogen-bond acceptors (Lipinski definition) is 4. The molecular formula is C12H14O5. The lowest BCUT2D eigenvalue weighted by atomic mass is 9.90. The lowest BCUT2D eigenvalue weighted by Crippen LogP contribution is -2.07. The Balaban J connectivity index is 3.82. The van der Waals surface area contributed by atoms with E-state index in [4.69, 9.17) is 5.11 Å². The zero-order valence-corrected chi connectivity index (χ0v) is 9.81. The normalized spacial score (nSPS) is 10.6. The third-order valence-corrected chi connectivity index (χ3v) is 2.69. The molecule has 0 spiro atoms. The summed E-state index contributed by atoms with van der Waals surface area (Å²) in [5.74, 6) is -2.53. The third kappa shape index (κ3) is 1.95. The van der Waals surface area contributed by atoms with Gasteiger partial charge in [0.25, 0.3) is 0 Å². The van der Waals surface area contributed by atoms with Crippen LogP contribution in [0.25, 0.3) is 0 Å². The zero-order valence-electron chi connectivity index (χ0n) is 9.81. The molecule has 0 aromatic heterocycles. The smallest absolute Gasteiger partial charge is 0.339 e. The Morgan fingerprint density at radius 3 is 2.12 bits per heavy atom. The molecule has 5 heteroatoms. The maximum absolute atomic E-state index is 11.0. The van der Waals surface area contributed by atoms with Crippen molar-refractivity contribution in [2.24, 2.45) is 0 Å². The molecule has 5 nitrogen and oxygen atoms in total. The van der Waals surface area contributed by atoms with Crippen LogP contribution < -0.4 is 0 Å². The van der Waals surface area contributed by atoms with Crippen LogP contribution in [0.5, 0.6) is 11.5 Å². The molecule has 0 amide bonds. The Morgan fingerprint density at radius 1 is 1.24 bits per heavy atom. The highest BCUT2D eigenvalue weighted by atomic mass is 16.4. The first kappa shape index (κ1) is 13.0. The van der Waals surface area contributed by atoms with Gasteiger partial charge in [0, 0.05) is 5.56 Å². The van der Waals surface area contributed by atoms with Crippen LogP contribution >= 0.6 is 0 Å². The highest BCUT2D eigenvalue weighted by Crippen LogP contribution is 2.39. The van der Waals surface area contributed by atoms with Gasteiger partial charge in [-0.05, 0) is 18.4 Å². The molecule has 0 saturated heterocycles. The van der Waals surface area contributed by atoms with E-state index in [0.717, 1.165) is 0 Å². The van der Waals surface area contributed by atoms with E-state index in [0.29, 0.717) is 5.56 Å². The fourth-order valence-electron chi connectivity index (χ4n) is 1.96. The number of phenolic OH excluding ortho intramolecular Hbond substituents is 1. The van der Waals surface area contributed by atoms with Crippen molar-refractivity contribution in [1.82, 2.24) is 0 Å². The van der Waals surface area contributed by atoms with Crippen LogP contribution in [0.15, 0.2) is 0 Å². The first-order valence-electron chi connectivity index (χ1n) is 5.09. The summed E-state index contributed by atoms with van der Waals surface area (Å²) in [6.07, 6.45) is 0.252. The standard InChI is InChI=1S/C12H14O5/c1-5(2)8-6(3)9(12(16)17)11(15)7(4-13)10(8)14/h4-5,14-15H,1-3H3,(H,16,17). The van der Waals surface area contributed by atoms with Crippen LogP contribution in [-0.2, 0) is 0 Å². The summed E-state index contributed by atoms with van der Waals surface area (Å²) in [6, 6.07) is 0. The topological polar surface area (TPSA) is 94.8 Å². The van der Waals surface area contributed by atoms with Gasteiger partial charge in [0.05, 0.1) is 5.56 Å². The minimum Gasteiger partial charge on any atom is -0.507 e. The van der Waals surface area contributed by atoms with Crippen molar-refractivity contribution in [3.63, 3.8) is 0 Å². The van der Waals surface area contributed by atoms with Gasteiger partial charge < -0.3 is 15.3 Å². The lowest BCUT2D eigenvalue weighted by Gasteiger charge is -2.17. The summed E-state index contributed by atoms with van der Waals surface area (Å²) >= 11 is 0. The Kier molecular flexibility index (Phi) is 3.41. The van der Waals surface area contributed by atoms with E-state index in [2.05, 4.69) is 0 Å². The SMILES string of the molecule is Cc1c(C(=O)O)c(O)c(C=O)c(O)c1C(C)C. The van der Waals surface area contributed by atoms with Crippen molar-refractivity contribution in [3.8, 4) is 11.5 Å². The molecule has 17 heavy (non-hydrogen) atoms. The molecule has 1 aromatic carbocycles. The molecule has 0 aliphatic heterocycles. The minimum absolute atomic E-state index is 0.160. The summed E-state index contributed by atoms with van der Waals surface area (Å²) < 4.78 is 0. The zero-order chi connectivity index (χ0) is 13.3. The molecule has 1 rings (SSSR count). The fourth-order valence-corrected chi connectivity index (χ4v) is 1.96. The average Bonchev–Trinajstić information content (AvgIpc) is 2.16. The van der Waals surface area contributed by atoms with Crippen molar-refractivity contribution in [2.75, 3.05) is 0 Å². The number of phenols is 2. The quantitative estimate of drug-likeness (QED) is 0.700. The van der Waals surface area contributed by atoms with Crippen LogP contribution in [0.3, 0.4) is 0 Å². The molecule has 3 N–H and O–H groups in total. The third-order valence-electron chi connectivity index (χ3n) is 2.69. The number of aldehydes is 1. The summed E-state index contributed by atoms with van der Waals surface area (Å²) in [6.45, 7) is 5.02. The van der Waals surface area contributed by atoms with E-state index in [9.17, 15) is 19.8 Å². The molecule has 0 bridgehead atoms. The number of rotatable bonds is 3. The summed E-state index contributed by atoms with van der Waals surface area (Å²) in [5, 5.41) is 28.5. The van der Waals surface area contributed by atoms with Gasteiger partial charge in [-0.15, -0.1) is 0 Å².